The Bertz CT molecular complexity index is 1770. The van der Waals surface area contributed by atoms with Crippen molar-refractivity contribution in [2.45, 2.75) is 26.2 Å². The van der Waals surface area contributed by atoms with Crippen molar-refractivity contribution in [2.75, 3.05) is 19.6 Å². The fraction of sp³-hybridized carbons (Fsp3) is 0.226. The van der Waals surface area contributed by atoms with Gasteiger partial charge in [0.2, 0.25) is 0 Å². The van der Waals surface area contributed by atoms with Gasteiger partial charge in [0.05, 0.1) is 30.5 Å². The Morgan fingerprint density at radius 1 is 1.18 bits per heavy atom. The molecule has 1 aliphatic heterocycles. The number of nitrogens with one attached hydrogen (secondary N) is 2. The lowest BCUT2D eigenvalue weighted by molar-refractivity contribution is 0.0131. The number of fused-ring (bicyclic) bond motifs is 2. The summed E-state index contributed by atoms with van der Waals surface area (Å²) in [6, 6.07) is 12.1. The number of hydrogen-bond acceptors (Lipinski definition) is 5. The molecule has 0 radical (unpaired) electrons. The van der Waals surface area contributed by atoms with Crippen molar-refractivity contribution < 1.29 is 13.2 Å². The van der Waals surface area contributed by atoms with Crippen LogP contribution in [0.1, 0.15) is 25.8 Å². The van der Waals surface area contributed by atoms with Crippen LogP contribution in [-0.4, -0.2) is 50.6 Å². The smallest absolute Gasteiger partial charge is 0.261 e. The van der Waals surface area contributed by atoms with Crippen LogP contribution >= 0.6 is 0 Å². The molecule has 7 nitrogen and oxygen atoms in total. The Kier molecular flexibility index (Phi) is 6.59. The van der Waals surface area contributed by atoms with E-state index in [-0.39, 0.29) is 13.0 Å². The fourth-order valence-electron chi connectivity index (χ4n) is 5.35. The first-order valence-corrected chi connectivity index (χ1v) is 13.2. The van der Waals surface area contributed by atoms with Gasteiger partial charge in [0.1, 0.15) is 0 Å². The predicted molar refractivity (Wildman–Crippen MR) is 155 cm³/mol. The minimum atomic E-state index is -2.64. The number of nitrogens with zero attached hydrogens (tertiary/aromatic N) is 3. The highest BCUT2D eigenvalue weighted by Gasteiger charge is 2.38. The summed E-state index contributed by atoms with van der Waals surface area (Å²) in [7, 11) is 0. The molecule has 5 heterocycles. The highest BCUT2D eigenvalue weighted by molar-refractivity contribution is 6.01. The Morgan fingerprint density at radius 3 is 2.77 bits per heavy atom. The normalized spacial score (nSPS) is 16.3. The lowest BCUT2D eigenvalue weighted by Crippen LogP contribution is -2.27. The second-order valence-electron chi connectivity index (χ2n) is 10.5. The first-order valence-electron chi connectivity index (χ1n) is 13.2. The molecular weight excluding hydrogens is 510 g/mol. The van der Waals surface area contributed by atoms with Gasteiger partial charge < -0.3 is 15.1 Å². The highest BCUT2D eigenvalue weighted by atomic mass is 19.3. The van der Waals surface area contributed by atoms with Crippen LogP contribution in [0.4, 0.5) is 8.78 Å². The van der Waals surface area contributed by atoms with Crippen LogP contribution in [0, 0.1) is 0 Å². The van der Waals surface area contributed by atoms with Crippen molar-refractivity contribution in [1.82, 2.24) is 25.1 Å². The number of H-pyrrole nitrogens is 2. The molecule has 0 amide bonds. The molecule has 6 rings (SSSR count). The minimum Gasteiger partial charge on any atom is -0.472 e. The molecule has 0 bridgehead atoms. The molecule has 204 valence electrons. The molecule has 1 saturated heterocycles. The number of nitrogens with two attached hydrogens (primary N) is 1. The van der Waals surface area contributed by atoms with Crippen molar-refractivity contribution in [1.29, 1.82) is 0 Å². The molecule has 4 N–H and O–H groups in total. The lowest BCUT2D eigenvalue weighted by Gasteiger charge is -2.17. The van der Waals surface area contributed by atoms with Crippen molar-refractivity contribution >= 4 is 27.5 Å². The van der Waals surface area contributed by atoms with Crippen LogP contribution < -0.4 is 5.73 Å². The number of benzene rings is 1. The summed E-state index contributed by atoms with van der Waals surface area (Å²) in [4.78, 5) is 9.86. The first kappa shape index (κ1) is 25.8. The molecule has 1 aromatic carbocycles. The molecule has 0 saturated carbocycles. The van der Waals surface area contributed by atoms with Crippen LogP contribution in [0.25, 0.3) is 50.0 Å². The third-order valence-corrected chi connectivity index (χ3v) is 7.16. The largest absolute Gasteiger partial charge is 0.472 e. The number of furan rings is 1. The van der Waals surface area contributed by atoms with Crippen LogP contribution in [0.15, 0.2) is 89.0 Å². The van der Waals surface area contributed by atoms with E-state index in [0.717, 1.165) is 61.1 Å². The second-order valence-corrected chi connectivity index (χ2v) is 10.5. The van der Waals surface area contributed by atoms with Crippen LogP contribution in [-0.2, 0) is 0 Å². The molecule has 5 aromatic rings. The van der Waals surface area contributed by atoms with Gasteiger partial charge in [0, 0.05) is 59.3 Å². The SMILES string of the molecule is CC(C)=C/C(=C\C(=C/N)c1cnc2n[nH]c(-c3cc4c(-c5ccoc5)cccc4[nH]3)c2c1)CN1CCC(F)(F)C1. The number of alkyl halides is 2. The van der Waals surface area contributed by atoms with E-state index in [2.05, 4.69) is 32.3 Å². The number of pyridine rings is 1. The van der Waals surface area contributed by atoms with Gasteiger partial charge in [-0.25, -0.2) is 13.8 Å². The lowest BCUT2D eigenvalue weighted by atomic mass is 10.0. The van der Waals surface area contributed by atoms with Crippen molar-refractivity contribution in [3.05, 3.63) is 90.2 Å². The summed E-state index contributed by atoms with van der Waals surface area (Å²) in [5.74, 6) is -2.64. The van der Waals surface area contributed by atoms with Gasteiger partial charge in [-0.05, 0) is 60.9 Å². The van der Waals surface area contributed by atoms with E-state index < -0.39 is 5.92 Å². The van der Waals surface area contributed by atoms with E-state index in [1.54, 1.807) is 23.6 Å². The third-order valence-electron chi connectivity index (χ3n) is 7.16. The Balaban J connectivity index is 1.37. The van der Waals surface area contributed by atoms with Gasteiger partial charge in [-0.2, -0.15) is 5.10 Å². The molecular formula is C31H30F2N6O. The van der Waals surface area contributed by atoms with Crippen molar-refractivity contribution in [3.63, 3.8) is 0 Å². The Hall–Kier alpha value is -4.50. The standard InChI is InChI=1S/C31H30F2N6O/c1-19(2)10-20(16-39-8-7-31(32,33)18-39)11-22(14-34)23-12-26-29(37-38-30(26)35-15-23)28-13-25-24(21-6-9-40-17-21)4-3-5-27(25)36-28/h3-6,9-15,17,36H,7-8,16,18,34H2,1-2H3,(H,35,37,38)/b20-11+,22-14+. The maximum Gasteiger partial charge on any atom is 0.261 e. The summed E-state index contributed by atoms with van der Waals surface area (Å²) in [6.45, 7) is 4.52. The van der Waals surface area contributed by atoms with Crippen molar-refractivity contribution in [3.8, 4) is 22.5 Å². The van der Waals surface area contributed by atoms with E-state index >= 15 is 0 Å². The second kappa shape index (κ2) is 10.2. The van der Waals surface area contributed by atoms with E-state index in [9.17, 15) is 8.78 Å². The monoisotopic (exact) mass is 540 g/mol. The van der Waals surface area contributed by atoms with E-state index in [0.29, 0.717) is 18.7 Å². The van der Waals surface area contributed by atoms with E-state index in [4.69, 9.17) is 10.2 Å². The highest BCUT2D eigenvalue weighted by Crippen LogP contribution is 2.35. The van der Waals surface area contributed by atoms with Gasteiger partial charge in [0.15, 0.2) is 5.65 Å². The summed E-state index contributed by atoms with van der Waals surface area (Å²) < 4.78 is 33.0. The summed E-state index contributed by atoms with van der Waals surface area (Å²) in [6.07, 6.45) is 10.5. The maximum atomic E-state index is 13.8. The van der Waals surface area contributed by atoms with Gasteiger partial charge in [-0.1, -0.05) is 23.8 Å². The number of likely N-dealkylation sites (tertiary alicyclic amines) is 1. The summed E-state index contributed by atoms with van der Waals surface area (Å²) >= 11 is 0. The number of allylic oxidation sites excluding steroid dienone is 3. The molecule has 0 spiro atoms. The fourth-order valence-corrected chi connectivity index (χ4v) is 5.35. The van der Waals surface area contributed by atoms with Crippen LogP contribution in [0.5, 0.6) is 0 Å². The van der Waals surface area contributed by atoms with Gasteiger partial charge in [-0.3, -0.25) is 10.00 Å². The average Bonchev–Trinajstić information content (AvgIpc) is 3.72. The molecule has 0 aliphatic carbocycles. The average molecular weight is 541 g/mol. The number of halogens is 2. The summed E-state index contributed by atoms with van der Waals surface area (Å²) in [5.41, 5.74) is 15.0. The third kappa shape index (κ3) is 5.08. The number of aromatic amines is 2. The first-order chi connectivity index (χ1) is 19.3. The number of hydrogen-bond donors (Lipinski definition) is 3. The Labute approximate surface area is 230 Å². The van der Waals surface area contributed by atoms with Crippen LogP contribution in [0.3, 0.4) is 0 Å². The molecule has 9 heteroatoms. The molecule has 1 aliphatic rings. The minimum absolute atomic E-state index is 0.115. The zero-order chi connectivity index (χ0) is 27.9. The quantitative estimate of drug-likeness (QED) is 0.195. The molecule has 40 heavy (non-hydrogen) atoms. The van der Waals surface area contributed by atoms with Gasteiger partial charge >= 0.3 is 0 Å². The van der Waals surface area contributed by atoms with E-state index in [1.807, 2.05) is 50.3 Å². The molecule has 0 unspecified atom stereocenters. The zero-order valence-corrected chi connectivity index (χ0v) is 22.3. The molecule has 0 atom stereocenters. The van der Waals surface area contributed by atoms with Crippen molar-refractivity contribution in [2.24, 2.45) is 5.73 Å². The predicted octanol–water partition coefficient (Wildman–Crippen LogP) is 6.90. The van der Waals surface area contributed by atoms with E-state index in [1.165, 1.54) is 6.20 Å². The number of rotatable bonds is 7. The summed E-state index contributed by atoms with van der Waals surface area (Å²) in [5, 5.41) is 9.46. The van der Waals surface area contributed by atoms with Gasteiger partial charge in [-0.15, -0.1) is 0 Å². The maximum absolute atomic E-state index is 13.8. The van der Waals surface area contributed by atoms with Gasteiger partial charge in [0.25, 0.3) is 5.92 Å². The molecule has 4 aromatic heterocycles. The number of aromatic nitrogens is 4. The molecule has 1 fully saturated rings. The Morgan fingerprint density at radius 2 is 2.05 bits per heavy atom. The topological polar surface area (TPSA) is 99.8 Å². The zero-order valence-electron chi connectivity index (χ0n) is 22.3. The van der Waals surface area contributed by atoms with Crippen LogP contribution in [0.2, 0.25) is 0 Å².